The van der Waals surface area contributed by atoms with Gasteiger partial charge >= 0.3 is 5.97 Å². The predicted molar refractivity (Wildman–Crippen MR) is 66.4 cm³/mol. The van der Waals surface area contributed by atoms with Crippen LogP contribution in [0.1, 0.15) is 65.2 Å². The van der Waals surface area contributed by atoms with Crippen molar-refractivity contribution in [3.05, 3.63) is 0 Å². The van der Waals surface area contributed by atoms with Crippen molar-refractivity contribution < 1.29 is 9.90 Å². The second-order valence-electron chi connectivity index (χ2n) is 5.49. The van der Waals surface area contributed by atoms with E-state index >= 15 is 0 Å². The number of carbonyl (C=O) groups is 1. The number of rotatable bonds is 6. The van der Waals surface area contributed by atoms with Gasteiger partial charge in [0.05, 0.1) is 0 Å². The lowest BCUT2D eigenvalue weighted by Crippen LogP contribution is -2.23. The molecule has 0 aliphatic heterocycles. The van der Waals surface area contributed by atoms with Crippen molar-refractivity contribution >= 4 is 5.97 Å². The van der Waals surface area contributed by atoms with Gasteiger partial charge in [-0.25, -0.2) is 0 Å². The molecule has 0 aromatic carbocycles. The van der Waals surface area contributed by atoms with Crippen molar-refractivity contribution in [2.45, 2.75) is 65.2 Å². The molecule has 0 heterocycles. The van der Waals surface area contributed by atoms with Crippen LogP contribution in [0.4, 0.5) is 0 Å². The largest absolute Gasteiger partial charge is 0.481 e. The molecule has 1 rings (SSSR count). The van der Waals surface area contributed by atoms with Gasteiger partial charge in [-0.2, -0.15) is 0 Å². The van der Waals surface area contributed by atoms with Gasteiger partial charge in [0, 0.05) is 6.42 Å². The molecule has 0 spiro atoms. The van der Waals surface area contributed by atoms with E-state index in [0.29, 0.717) is 6.42 Å². The number of hydrogen-bond acceptors (Lipinski definition) is 1. The summed E-state index contributed by atoms with van der Waals surface area (Å²) in [6.07, 6.45) is 9.07. The Morgan fingerprint density at radius 3 is 2.69 bits per heavy atom. The average Bonchev–Trinajstić information content (AvgIpc) is 2.22. The molecule has 3 unspecified atom stereocenters. The van der Waals surface area contributed by atoms with Gasteiger partial charge in [0.15, 0.2) is 0 Å². The average molecular weight is 226 g/mol. The molecule has 0 amide bonds. The number of hydrogen-bond donors (Lipinski definition) is 1. The second kappa shape index (κ2) is 6.93. The van der Waals surface area contributed by atoms with E-state index in [0.717, 1.165) is 30.6 Å². The maximum absolute atomic E-state index is 10.5. The lowest BCUT2D eigenvalue weighted by Gasteiger charge is -2.34. The highest BCUT2D eigenvalue weighted by Gasteiger charge is 2.26. The van der Waals surface area contributed by atoms with E-state index in [9.17, 15) is 4.79 Å². The zero-order valence-electron chi connectivity index (χ0n) is 10.7. The topological polar surface area (TPSA) is 37.3 Å². The fourth-order valence-electron chi connectivity index (χ4n) is 3.10. The minimum atomic E-state index is -0.645. The standard InChI is InChI=1S/C14H26O2/c1-3-5-12-9-8-11(2)13(10-12)6-4-7-14(15)16/h11-13H,3-10H2,1-2H3,(H,15,16). The molecule has 16 heavy (non-hydrogen) atoms. The smallest absolute Gasteiger partial charge is 0.303 e. The summed E-state index contributed by atoms with van der Waals surface area (Å²) in [6, 6.07) is 0. The van der Waals surface area contributed by atoms with Crippen LogP contribution in [0, 0.1) is 17.8 Å². The molecule has 1 saturated carbocycles. The van der Waals surface area contributed by atoms with Crippen molar-refractivity contribution in [2.24, 2.45) is 17.8 Å². The van der Waals surface area contributed by atoms with E-state index < -0.39 is 5.97 Å². The van der Waals surface area contributed by atoms with Crippen molar-refractivity contribution in [1.82, 2.24) is 0 Å². The Morgan fingerprint density at radius 2 is 2.06 bits per heavy atom. The van der Waals surface area contributed by atoms with E-state index in [1.165, 1.54) is 32.1 Å². The number of carboxylic acids is 1. The summed E-state index contributed by atoms with van der Waals surface area (Å²) >= 11 is 0. The van der Waals surface area contributed by atoms with Crippen LogP contribution in [0.3, 0.4) is 0 Å². The van der Waals surface area contributed by atoms with E-state index in [4.69, 9.17) is 5.11 Å². The minimum Gasteiger partial charge on any atom is -0.481 e. The fourth-order valence-corrected chi connectivity index (χ4v) is 3.10. The summed E-state index contributed by atoms with van der Waals surface area (Å²) in [5, 5.41) is 8.65. The van der Waals surface area contributed by atoms with Crippen molar-refractivity contribution in [2.75, 3.05) is 0 Å². The van der Waals surface area contributed by atoms with E-state index in [1.807, 2.05) is 0 Å². The van der Waals surface area contributed by atoms with Gasteiger partial charge in [0.2, 0.25) is 0 Å². The van der Waals surface area contributed by atoms with Crippen LogP contribution >= 0.6 is 0 Å². The van der Waals surface area contributed by atoms with Gasteiger partial charge in [-0.3, -0.25) is 4.79 Å². The maximum Gasteiger partial charge on any atom is 0.303 e. The highest BCUT2D eigenvalue weighted by Crippen LogP contribution is 2.38. The van der Waals surface area contributed by atoms with Crippen molar-refractivity contribution in [3.8, 4) is 0 Å². The summed E-state index contributed by atoms with van der Waals surface area (Å²) in [5.74, 6) is 1.86. The molecule has 2 nitrogen and oxygen atoms in total. The minimum absolute atomic E-state index is 0.349. The molecule has 1 N–H and O–H groups in total. The summed E-state index contributed by atoms with van der Waals surface area (Å²) in [5.41, 5.74) is 0. The summed E-state index contributed by atoms with van der Waals surface area (Å²) in [4.78, 5) is 10.5. The number of carboxylic acid groups (broad SMARTS) is 1. The first-order valence-electron chi connectivity index (χ1n) is 6.85. The molecular weight excluding hydrogens is 200 g/mol. The fraction of sp³-hybridized carbons (Fsp3) is 0.929. The highest BCUT2D eigenvalue weighted by atomic mass is 16.4. The van der Waals surface area contributed by atoms with Crippen molar-refractivity contribution in [3.63, 3.8) is 0 Å². The first-order valence-corrected chi connectivity index (χ1v) is 6.85. The molecule has 94 valence electrons. The zero-order chi connectivity index (χ0) is 12.0. The van der Waals surface area contributed by atoms with Crippen LogP contribution in [0.15, 0.2) is 0 Å². The molecule has 0 radical (unpaired) electrons. The normalized spacial score (nSPS) is 30.2. The van der Waals surface area contributed by atoms with Gasteiger partial charge in [0.1, 0.15) is 0 Å². The Kier molecular flexibility index (Phi) is 5.86. The van der Waals surface area contributed by atoms with Crippen LogP contribution in [0.2, 0.25) is 0 Å². The SMILES string of the molecule is CCCC1CCC(C)C(CCCC(=O)O)C1. The van der Waals surface area contributed by atoms with Crippen molar-refractivity contribution in [1.29, 1.82) is 0 Å². The highest BCUT2D eigenvalue weighted by molar-refractivity contribution is 5.66. The Labute approximate surface area is 99.4 Å². The lowest BCUT2D eigenvalue weighted by atomic mass is 9.72. The molecule has 2 heteroatoms. The molecule has 0 aromatic rings. The number of aliphatic carboxylic acids is 1. The van der Waals surface area contributed by atoms with Gasteiger partial charge in [0.25, 0.3) is 0 Å². The second-order valence-corrected chi connectivity index (χ2v) is 5.49. The predicted octanol–water partition coefficient (Wildman–Crippen LogP) is 4.09. The Balaban J connectivity index is 2.28. The van der Waals surface area contributed by atoms with Gasteiger partial charge < -0.3 is 5.11 Å². The van der Waals surface area contributed by atoms with E-state index in [-0.39, 0.29) is 0 Å². The first kappa shape index (κ1) is 13.5. The molecule has 1 fully saturated rings. The molecule has 3 atom stereocenters. The summed E-state index contributed by atoms with van der Waals surface area (Å²) in [6.45, 7) is 4.60. The molecule has 1 aliphatic rings. The van der Waals surface area contributed by atoms with Crippen LogP contribution in [0.25, 0.3) is 0 Å². The van der Waals surface area contributed by atoms with Crippen LogP contribution in [-0.2, 0) is 4.79 Å². The summed E-state index contributed by atoms with van der Waals surface area (Å²) < 4.78 is 0. The Morgan fingerprint density at radius 1 is 1.31 bits per heavy atom. The third-order valence-corrected chi connectivity index (χ3v) is 4.13. The quantitative estimate of drug-likeness (QED) is 0.740. The van der Waals surface area contributed by atoms with Gasteiger partial charge in [-0.05, 0) is 37.0 Å². The maximum atomic E-state index is 10.5. The monoisotopic (exact) mass is 226 g/mol. The van der Waals surface area contributed by atoms with E-state index in [2.05, 4.69) is 13.8 Å². The Hall–Kier alpha value is -0.530. The van der Waals surface area contributed by atoms with Crippen LogP contribution in [-0.4, -0.2) is 11.1 Å². The first-order chi connectivity index (χ1) is 7.63. The molecule has 1 aliphatic carbocycles. The van der Waals surface area contributed by atoms with E-state index in [1.54, 1.807) is 0 Å². The Bertz CT molecular complexity index is 213. The molecular formula is C14H26O2. The molecule has 0 aromatic heterocycles. The lowest BCUT2D eigenvalue weighted by molar-refractivity contribution is -0.137. The molecule has 0 saturated heterocycles. The summed E-state index contributed by atoms with van der Waals surface area (Å²) in [7, 11) is 0. The van der Waals surface area contributed by atoms with Gasteiger partial charge in [-0.1, -0.05) is 39.5 Å². The van der Waals surface area contributed by atoms with Gasteiger partial charge in [-0.15, -0.1) is 0 Å². The van der Waals surface area contributed by atoms with Crippen LogP contribution in [0.5, 0.6) is 0 Å². The third-order valence-electron chi connectivity index (χ3n) is 4.13. The van der Waals surface area contributed by atoms with Crippen LogP contribution < -0.4 is 0 Å². The third kappa shape index (κ3) is 4.54. The zero-order valence-corrected chi connectivity index (χ0v) is 10.7. The molecule has 0 bridgehead atoms.